The van der Waals surface area contributed by atoms with Crippen LogP contribution in [-0.4, -0.2) is 48.1 Å². The lowest BCUT2D eigenvalue weighted by Gasteiger charge is -2.32. The molecule has 2 heterocycles. The summed E-state index contributed by atoms with van der Waals surface area (Å²) in [6.45, 7) is 1.34. The Morgan fingerprint density at radius 1 is 1.26 bits per heavy atom. The highest BCUT2D eigenvalue weighted by atomic mass is 16.5. The molecule has 2 amide bonds. The fraction of sp³-hybridized carbons (Fsp3) is 0.261. The summed E-state index contributed by atoms with van der Waals surface area (Å²) in [5, 5.41) is 4.53. The van der Waals surface area contributed by atoms with Gasteiger partial charge in [0.1, 0.15) is 17.7 Å². The first-order valence-electron chi connectivity index (χ1n) is 10.0. The van der Waals surface area contributed by atoms with Crippen LogP contribution in [0.4, 0.5) is 11.5 Å². The number of hydrogen-bond acceptors (Lipinski definition) is 6. The number of nitrogen functional groups attached to an aromatic ring is 1. The Hall–Kier alpha value is -3.65. The molecular formula is C23H24N4O4. The molecule has 1 atom stereocenters. The molecule has 1 aromatic heterocycles. The van der Waals surface area contributed by atoms with E-state index in [1.54, 1.807) is 24.3 Å². The Morgan fingerprint density at radius 3 is 2.84 bits per heavy atom. The molecule has 0 bridgehead atoms. The van der Waals surface area contributed by atoms with E-state index in [-0.39, 0.29) is 18.2 Å². The summed E-state index contributed by atoms with van der Waals surface area (Å²) in [5.74, 6) is 0.730. The number of anilines is 2. The molecule has 0 aliphatic carbocycles. The molecule has 4 rings (SSSR count). The van der Waals surface area contributed by atoms with Crippen molar-refractivity contribution in [1.29, 1.82) is 0 Å². The number of morpholine rings is 1. The van der Waals surface area contributed by atoms with Gasteiger partial charge in [-0.25, -0.2) is 4.98 Å². The Balaban J connectivity index is 1.37. The van der Waals surface area contributed by atoms with E-state index >= 15 is 0 Å². The second kappa shape index (κ2) is 9.01. The number of nitrogens with two attached hydrogens (primary N) is 1. The highest BCUT2D eigenvalue weighted by Crippen LogP contribution is 2.23. The number of methoxy groups -OCH3 is 1. The molecule has 3 N–H and O–H groups in total. The second-order valence-corrected chi connectivity index (χ2v) is 7.35. The average molecular weight is 420 g/mol. The zero-order valence-electron chi connectivity index (χ0n) is 17.2. The van der Waals surface area contributed by atoms with Gasteiger partial charge in [-0.2, -0.15) is 0 Å². The summed E-state index contributed by atoms with van der Waals surface area (Å²) in [5.41, 5.74) is 7.48. The highest BCUT2D eigenvalue weighted by Gasteiger charge is 2.31. The van der Waals surface area contributed by atoms with E-state index in [0.717, 1.165) is 22.1 Å². The number of amides is 2. The summed E-state index contributed by atoms with van der Waals surface area (Å²) in [7, 11) is 1.61. The predicted molar refractivity (Wildman–Crippen MR) is 118 cm³/mol. The number of fused-ring (bicyclic) bond motifs is 1. The summed E-state index contributed by atoms with van der Waals surface area (Å²) in [4.78, 5) is 31.2. The van der Waals surface area contributed by atoms with Gasteiger partial charge in [-0.15, -0.1) is 0 Å². The zero-order valence-corrected chi connectivity index (χ0v) is 17.2. The van der Waals surface area contributed by atoms with Crippen LogP contribution in [0.3, 0.4) is 0 Å². The third-order valence-corrected chi connectivity index (χ3v) is 5.25. The van der Waals surface area contributed by atoms with Crippen molar-refractivity contribution in [3.63, 3.8) is 0 Å². The monoisotopic (exact) mass is 420 g/mol. The van der Waals surface area contributed by atoms with Crippen LogP contribution in [-0.2, 0) is 20.9 Å². The van der Waals surface area contributed by atoms with Gasteiger partial charge < -0.3 is 25.4 Å². The summed E-state index contributed by atoms with van der Waals surface area (Å²) in [6.07, 6.45) is 0.774. The van der Waals surface area contributed by atoms with E-state index in [1.165, 1.54) is 0 Å². The number of carbonyl (C=O) groups is 2. The summed E-state index contributed by atoms with van der Waals surface area (Å²) < 4.78 is 10.8. The minimum absolute atomic E-state index is 0.0472. The lowest BCUT2D eigenvalue weighted by molar-refractivity contribution is -0.155. The molecule has 0 radical (unpaired) electrons. The Morgan fingerprint density at radius 2 is 2.06 bits per heavy atom. The number of benzene rings is 2. The van der Waals surface area contributed by atoms with Crippen LogP contribution < -0.4 is 15.8 Å². The zero-order chi connectivity index (χ0) is 21.8. The summed E-state index contributed by atoms with van der Waals surface area (Å²) in [6, 6.07) is 14.8. The van der Waals surface area contributed by atoms with Gasteiger partial charge in [-0.3, -0.25) is 9.59 Å². The maximum atomic E-state index is 12.8. The molecule has 1 saturated heterocycles. The second-order valence-electron chi connectivity index (χ2n) is 7.35. The molecule has 0 unspecified atom stereocenters. The number of nitrogens with one attached hydrogen (secondary N) is 1. The molecule has 0 saturated carbocycles. The minimum Gasteiger partial charge on any atom is -0.497 e. The molecule has 0 spiro atoms. The molecule has 160 valence electrons. The quantitative estimate of drug-likeness (QED) is 0.635. The van der Waals surface area contributed by atoms with E-state index in [9.17, 15) is 9.59 Å². The van der Waals surface area contributed by atoms with Crippen LogP contribution >= 0.6 is 0 Å². The fourth-order valence-electron chi connectivity index (χ4n) is 3.60. The Bertz CT molecular complexity index is 1100. The van der Waals surface area contributed by atoms with Gasteiger partial charge in [0.2, 0.25) is 5.91 Å². The van der Waals surface area contributed by atoms with Gasteiger partial charge >= 0.3 is 0 Å². The van der Waals surface area contributed by atoms with E-state index in [0.29, 0.717) is 31.2 Å². The number of hydrogen-bond donors (Lipinski definition) is 2. The number of ether oxygens (including phenoxy) is 2. The number of carbonyl (C=O) groups excluding carboxylic acids is 2. The highest BCUT2D eigenvalue weighted by molar-refractivity contribution is 5.98. The third kappa shape index (κ3) is 4.75. The van der Waals surface area contributed by atoms with Crippen molar-refractivity contribution in [3.8, 4) is 5.75 Å². The summed E-state index contributed by atoms with van der Waals surface area (Å²) >= 11 is 0. The van der Waals surface area contributed by atoms with Crippen LogP contribution in [0.2, 0.25) is 0 Å². The molecule has 1 aliphatic rings. The molecule has 8 heteroatoms. The van der Waals surface area contributed by atoms with Gasteiger partial charge in [0, 0.05) is 30.4 Å². The van der Waals surface area contributed by atoms with E-state index in [1.807, 2.05) is 42.5 Å². The lowest BCUT2D eigenvalue weighted by Crippen LogP contribution is -2.48. The lowest BCUT2D eigenvalue weighted by atomic mass is 10.1. The first-order valence-corrected chi connectivity index (χ1v) is 10.0. The first kappa shape index (κ1) is 20.6. The van der Waals surface area contributed by atoms with Gasteiger partial charge in [0.05, 0.1) is 20.1 Å². The van der Waals surface area contributed by atoms with Crippen LogP contribution in [0.15, 0.2) is 54.7 Å². The minimum atomic E-state index is -0.799. The van der Waals surface area contributed by atoms with Crippen molar-refractivity contribution in [3.05, 3.63) is 60.3 Å². The number of aromatic nitrogens is 1. The van der Waals surface area contributed by atoms with Crippen LogP contribution in [0.5, 0.6) is 5.75 Å². The fourth-order valence-corrected chi connectivity index (χ4v) is 3.60. The van der Waals surface area contributed by atoms with E-state index in [2.05, 4.69) is 10.3 Å². The Kier molecular flexibility index (Phi) is 5.99. The van der Waals surface area contributed by atoms with Crippen molar-refractivity contribution in [1.82, 2.24) is 9.88 Å². The predicted octanol–water partition coefficient (Wildman–Crippen LogP) is 2.58. The molecule has 2 aromatic carbocycles. The SMILES string of the molecule is COc1ccc(CN2CCO[C@H](CC(=O)Nc3ccc4c(N)nccc4c3)C2=O)cc1. The van der Waals surface area contributed by atoms with E-state index in [4.69, 9.17) is 15.2 Å². The van der Waals surface area contributed by atoms with Gasteiger partial charge in [-0.05, 0) is 47.3 Å². The topological polar surface area (TPSA) is 107 Å². The smallest absolute Gasteiger partial charge is 0.252 e. The molecule has 1 aliphatic heterocycles. The number of pyridine rings is 1. The molecule has 3 aromatic rings. The molecule has 8 nitrogen and oxygen atoms in total. The third-order valence-electron chi connectivity index (χ3n) is 5.25. The van der Waals surface area contributed by atoms with Crippen molar-refractivity contribution in [2.45, 2.75) is 19.1 Å². The van der Waals surface area contributed by atoms with Crippen molar-refractivity contribution < 1.29 is 19.1 Å². The van der Waals surface area contributed by atoms with Crippen LogP contribution in [0.1, 0.15) is 12.0 Å². The van der Waals surface area contributed by atoms with Crippen molar-refractivity contribution >= 4 is 34.1 Å². The maximum absolute atomic E-state index is 12.8. The molecule has 1 fully saturated rings. The standard InChI is InChI=1S/C23H24N4O4/c1-30-18-5-2-15(3-6-18)14-27-10-11-31-20(23(27)29)13-21(28)26-17-4-7-19-16(12-17)8-9-25-22(19)24/h2-9,12,20H,10-11,13-14H2,1H3,(H2,24,25)(H,26,28)/t20-/m1/s1. The number of rotatable bonds is 6. The average Bonchev–Trinajstić information content (AvgIpc) is 2.77. The normalized spacial score (nSPS) is 16.4. The van der Waals surface area contributed by atoms with E-state index < -0.39 is 6.10 Å². The van der Waals surface area contributed by atoms with Crippen LogP contribution in [0, 0.1) is 0 Å². The van der Waals surface area contributed by atoms with Crippen molar-refractivity contribution in [2.24, 2.45) is 0 Å². The number of nitrogens with zero attached hydrogens (tertiary/aromatic N) is 2. The van der Waals surface area contributed by atoms with Gasteiger partial charge in [-0.1, -0.05) is 12.1 Å². The van der Waals surface area contributed by atoms with Crippen LogP contribution in [0.25, 0.3) is 10.8 Å². The first-order chi connectivity index (χ1) is 15.0. The maximum Gasteiger partial charge on any atom is 0.252 e. The Labute approximate surface area is 180 Å². The van der Waals surface area contributed by atoms with Crippen molar-refractivity contribution in [2.75, 3.05) is 31.3 Å². The molecular weight excluding hydrogens is 396 g/mol. The largest absolute Gasteiger partial charge is 0.497 e. The van der Waals surface area contributed by atoms with Gasteiger partial charge in [0.15, 0.2) is 0 Å². The molecule has 31 heavy (non-hydrogen) atoms. The van der Waals surface area contributed by atoms with Gasteiger partial charge in [0.25, 0.3) is 5.91 Å².